The predicted molar refractivity (Wildman–Crippen MR) is 118 cm³/mol. The summed E-state index contributed by atoms with van der Waals surface area (Å²) in [5.74, 6) is 0.321. The topological polar surface area (TPSA) is 86.2 Å². The third-order valence-corrected chi connectivity index (χ3v) is 5.25. The Morgan fingerprint density at radius 3 is 2.42 bits per heavy atom. The maximum absolute atomic E-state index is 12.9. The van der Waals surface area contributed by atoms with Crippen molar-refractivity contribution in [1.29, 1.82) is 0 Å². The van der Waals surface area contributed by atoms with Crippen molar-refractivity contribution in [2.45, 2.75) is 39.0 Å². The second kappa shape index (κ2) is 10.6. The first kappa shape index (κ1) is 22.3. The van der Waals surface area contributed by atoms with E-state index in [1.54, 1.807) is 14.2 Å². The molecule has 0 aliphatic heterocycles. The van der Waals surface area contributed by atoms with Gasteiger partial charge in [-0.1, -0.05) is 23.4 Å². The molecule has 1 aliphatic carbocycles. The van der Waals surface area contributed by atoms with Crippen molar-refractivity contribution in [2.75, 3.05) is 20.8 Å². The second-order valence-corrected chi connectivity index (χ2v) is 7.41. The first-order valence-corrected chi connectivity index (χ1v) is 10.4. The van der Waals surface area contributed by atoms with E-state index in [0.717, 1.165) is 24.8 Å². The molecular weight excluding hydrogens is 396 g/mol. The van der Waals surface area contributed by atoms with Gasteiger partial charge in [0.1, 0.15) is 0 Å². The van der Waals surface area contributed by atoms with Gasteiger partial charge in [-0.25, -0.2) is 4.79 Å². The molecule has 1 aliphatic rings. The number of fused-ring (bicyclic) bond motifs is 1. The van der Waals surface area contributed by atoms with Crippen molar-refractivity contribution < 1.29 is 23.9 Å². The molecule has 0 atom stereocenters. The smallest absolute Gasteiger partial charge is 0.332 e. The van der Waals surface area contributed by atoms with Crippen LogP contribution in [-0.4, -0.2) is 38.4 Å². The van der Waals surface area contributed by atoms with E-state index in [4.69, 9.17) is 14.3 Å². The highest BCUT2D eigenvalue weighted by atomic mass is 16.7. The van der Waals surface area contributed by atoms with E-state index >= 15 is 0 Å². The Labute approximate surface area is 182 Å². The number of amides is 1. The van der Waals surface area contributed by atoms with Crippen LogP contribution in [0, 0.1) is 0 Å². The van der Waals surface area contributed by atoms with Gasteiger partial charge in [0.2, 0.25) is 0 Å². The molecule has 3 rings (SSSR count). The average Bonchev–Trinajstić information content (AvgIpc) is 2.78. The van der Waals surface area contributed by atoms with Crippen LogP contribution in [0.3, 0.4) is 0 Å². The van der Waals surface area contributed by atoms with Gasteiger partial charge in [0, 0.05) is 19.0 Å². The van der Waals surface area contributed by atoms with Crippen molar-refractivity contribution in [1.82, 2.24) is 5.32 Å². The second-order valence-electron chi connectivity index (χ2n) is 7.41. The molecule has 0 spiro atoms. The maximum atomic E-state index is 12.9. The van der Waals surface area contributed by atoms with Crippen molar-refractivity contribution >= 4 is 17.6 Å². The Morgan fingerprint density at radius 1 is 0.968 bits per heavy atom. The fourth-order valence-corrected chi connectivity index (χ4v) is 3.66. The molecule has 31 heavy (non-hydrogen) atoms. The van der Waals surface area contributed by atoms with Gasteiger partial charge in [-0.3, -0.25) is 4.79 Å². The highest BCUT2D eigenvalue weighted by Crippen LogP contribution is 2.27. The lowest BCUT2D eigenvalue weighted by molar-refractivity contribution is -0.140. The highest BCUT2D eigenvalue weighted by Gasteiger charge is 2.18. The molecule has 0 saturated heterocycles. The number of carbonyl (C=O) groups is 2. The SMILES string of the molecule is COc1ccc(CCNC(=O)/C(=N\OC(C)=O)c2ccc3c(c2)CCCC3)cc1OC. The summed E-state index contributed by atoms with van der Waals surface area (Å²) in [6.07, 6.45) is 4.92. The van der Waals surface area contributed by atoms with Gasteiger partial charge in [-0.2, -0.15) is 0 Å². The zero-order valence-corrected chi connectivity index (χ0v) is 18.2. The molecule has 1 amide bonds. The molecule has 0 heterocycles. The van der Waals surface area contributed by atoms with Crippen molar-refractivity contribution in [3.8, 4) is 11.5 Å². The number of ether oxygens (including phenoxy) is 2. The summed E-state index contributed by atoms with van der Waals surface area (Å²) in [6.45, 7) is 1.64. The maximum Gasteiger partial charge on any atom is 0.332 e. The van der Waals surface area contributed by atoms with Crippen LogP contribution in [0.5, 0.6) is 11.5 Å². The van der Waals surface area contributed by atoms with Crippen LogP contribution >= 0.6 is 0 Å². The third-order valence-electron chi connectivity index (χ3n) is 5.25. The summed E-state index contributed by atoms with van der Waals surface area (Å²) in [4.78, 5) is 28.9. The fraction of sp³-hybridized carbons (Fsp3) is 0.375. The van der Waals surface area contributed by atoms with Gasteiger partial charge in [-0.05, 0) is 67.0 Å². The number of nitrogens with zero attached hydrogens (tertiary/aromatic N) is 1. The quantitative estimate of drug-likeness (QED) is 0.400. The molecular formula is C24H28N2O5. The normalized spacial score (nSPS) is 13.2. The number of rotatable bonds is 8. The average molecular weight is 424 g/mol. The highest BCUT2D eigenvalue weighted by molar-refractivity contribution is 6.45. The van der Waals surface area contributed by atoms with E-state index in [0.29, 0.717) is 30.0 Å². The van der Waals surface area contributed by atoms with Gasteiger partial charge in [0.15, 0.2) is 17.2 Å². The summed E-state index contributed by atoms with van der Waals surface area (Å²) in [6, 6.07) is 11.5. The number of nitrogens with one attached hydrogen (secondary N) is 1. The monoisotopic (exact) mass is 424 g/mol. The van der Waals surface area contributed by atoms with Crippen LogP contribution < -0.4 is 14.8 Å². The Balaban J connectivity index is 1.71. The van der Waals surface area contributed by atoms with E-state index in [1.165, 1.54) is 24.5 Å². The summed E-state index contributed by atoms with van der Waals surface area (Å²) in [7, 11) is 3.17. The van der Waals surface area contributed by atoms with E-state index < -0.39 is 11.9 Å². The standard InChI is InChI=1S/C24H28N2O5/c1-16(27)31-26-23(20-10-9-18-6-4-5-7-19(18)15-20)24(28)25-13-12-17-8-11-21(29-2)22(14-17)30-3/h8-11,14-15H,4-7,12-13H2,1-3H3,(H,25,28)/b26-23-. The molecule has 1 N–H and O–H groups in total. The Hall–Kier alpha value is -3.35. The van der Waals surface area contributed by atoms with Crippen molar-refractivity contribution in [3.63, 3.8) is 0 Å². The summed E-state index contributed by atoms with van der Waals surface area (Å²) in [5.41, 5.74) is 4.25. The van der Waals surface area contributed by atoms with Crippen LogP contribution in [0.15, 0.2) is 41.6 Å². The Morgan fingerprint density at radius 2 is 1.71 bits per heavy atom. The number of benzene rings is 2. The lowest BCUT2D eigenvalue weighted by atomic mass is 9.89. The minimum Gasteiger partial charge on any atom is -0.493 e. The predicted octanol–water partition coefficient (Wildman–Crippen LogP) is 3.21. The lowest BCUT2D eigenvalue weighted by Crippen LogP contribution is -2.33. The number of carbonyl (C=O) groups excluding carboxylic acids is 2. The molecule has 0 unspecified atom stereocenters. The number of hydrogen-bond acceptors (Lipinski definition) is 6. The van der Waals surface area contributed by atoms with Gasteiger partial charge in [-0.15, -0.1) is 0 Å². The summed E-state index contributed by atoms with van der Waals surface area (Å²) in [5, 5.41) is 6.70. The Kier molecular flexibility index (Phi) is 7.65. The molecule has 2 aromatic carbocycles. The molecule has 0 bridgehead atoms. The van der Waals surface area contributed by atoms with Crippen LogP contribution in [0.1, 0.15) is 42.0 Å². The van der Waals surface area contributed by atoms with E-state index in [9.17, 15) is 9.59 Å². The van der Waals surface area contributed by atoms with Crippen LogP contribution in [0.2, 0.25) is 0 Å². The molecule has 0 saturated carbocycles. The van der Waals surface area contributed by atoms with Crippen LogP contribution in [0.4, 0.5) is 0 Å². The van der Waals surface area contributed by atoms with Gasteiger partial charge in [0.05, 0.1) is 14.2 Å². The van der Waals surface area contributed by atoms with Crippen molar-refractivity contribution in [3.05, 3.63) is 58.7 Å². The molecule has 7 heteroatoms. The fourth-order valence-electron chi connectivity index (χ4n) is 3.66. The number of oxime groups is 1. The van der Waals surface area contributed by atoms with Gasteiger partial charge < -0.3 is 19.6 Å². The summed E-state index contributed by atoms with van der Waals surface area (Å²) >= 11 is 0. The van der Waals surface area contributed by atoms with E-state index in [1.807, 2.05) is 36.4 Å². The molecule has 0 aromatic heterocycles. The number of methoxy groups -OCH3 is 2. The van der Waals surface area contributed by atoms with Crippen LogP contribution in [-0.2, 0) is 33.7 Å². The largest absolute Gasteiger partial charge is 0.493 e. The first-order valence-electron chi connectivity index (χ1n) is 10.4. The van der Waals surface area contributed by atoms with Gasteiger partial charge in [0.25, 0.3) is 5.91 Å². The summed E-state index contributed by atoms with van der Waals surface area (Å²) < 4.78 is 10.6. The molecule has 164 valence electrons. The van der Waals surface area contributed by atoms with Crippen LogP contribution in [0.25, 0.3) is 0 Å². The van der Waals surface area contributed by atoms with Gasteiger partial charge >= 0.3 is 5.97 Å². The molecule has 7 nitrogen and oxygen atoms in total. The van der Waals surface area contributed by atoms with Crippen molar-refractivity contribution in [2.24, 2.45) is 5.16 Å². The molecule has 0 fully saturated rings. The first-order chi connectivity index (χ1) is 15.0. The molecule has 0 radical (unpaired) electrons. The number of hydrogen-bond donors (Lipinski definition) is 1. The number of aryl methyl sites for hydroxylation is 2. The zero-order valence-electron chi connectivity index (χ0n) is 18.2. The Bertz CT molecular complexity index is 984. The minimum absolute atomic E-state index is 0.0934. The minimum atomic E-state index is -0.575. The third kappa shape index (κ3) is 5.84. The van der Waals surface area contributed by atoms with E-state index in [-0.39, 0.29) is 5.71 Å². The van der Waals surface area contributed by atoms with E-state index in [2.05, 4.69) is 10.5 Å². The zero-order chi connectivity index (χ0) is 22.2. The molecule has 2 aromatic rings. The lowest BCUT2D eigenvalue weighted by Gasteiger charge is -2.17.